The smallest absolute Gasteiger partial charge is 0.416 e. The number of benzene rings is 1. The molecule has 3 nitrogen and oxygen atoms in total. The van der Waals surface area contributed by atoms with Gasteiger partial charge >= 0.3 is 12.4 Å². The highest BCUT2D eigenvalue weighted by molar-refractivity contribution is 5.73. The Morgan fingerprint density at radius 1 is 1.00 bits per heavy atom. The molecule has 110 valence electrons. The van der Waals surface area contributed by atoms with Crippen LogP contribution in [0.3, 0.4) is 0 Å². The first kappa shape index (κ1) is 14.5. The predicted molar refractivity (Wildman–Crippen MR) is 56.8 cm³/mol. The molecule has 1 atom stereocenters. The minimum absolute atomic E-state index is 0.0582. The lowest BCUT2D eigenvalue weighted by atomic mass is 10.0. The van der Waals surface area contributed by atoms with Gasteiger partial charge in [0.1, 0.15) is 6.10 Å². The largest absolute Gasteiger partial charge is 0.455 e. The average molecular weight is 298 g/mol. The van der Waals surface area contributed by atoms with Gasteiger partial charge in [0.15, 0.2) is 0 Å². The Bertz CT molecular complexity index is 517. The van der Waals surface area contributed by atoms with Crippen LogP contribution in [0.5, 0.6) is 0 Å². The third kappa shape index (κ3) is 2.97. The van der Waals surface area contributed by atoms with Gasteiger partial charge < -0.3 is 10.5 Å². The normalized spacial score (nSPS) is 19.7. The van der Waals surface area contributed by atoms with E-state index in [-0.39, 0.29) is 24.2 Å². The van der Waals surface area contributed by atoms with E-state index in [1.165, 1.54) is 0 Å². The lowest BCUT2D eigenvalue weighted by molar-refractivity contribution is -0.143. The van der Waals surface area contributed by atoms with Gasteiger partial charge in [0.2, 0.25) is 0 Å². The molecule has 20 heavy (non-hydrogen) atoms. The number of hydrogen-bond donors (Lipinski definition) is 1. The van der Waals surface area contributed by atoms with Crippen molar-refractivity contribution in [3.8, 4) is 0 Å². The van der Waals surface area contributed by atoms with Gasteiger partial charge in [0.05, 0.1) is 17.7 Å². The summed E-state index contributed by atoms with van der Waals surface area (Å²) in [5.41, 5.74) is 2.14. The molecule has 0 amide bonds. The zero-order valence-corrected chi connectivity index (χ0v) is 9.72. The van der Waals surface area contributed by atoms with E-state index in [0.717, 1.165) is 0 Å². The van der Waals surface area contributed by atoms with Crippen molar-refractivity contribution < 1.29 is 31.1 Å². The molecular weight excluding hydrogens is 290 g/mol. The molecule has 1 aliphatic rings. The third-order valence-electron chi connectivity index (χ3n) is 2.66. The molecule has 1 aromatic carbocycles. The van der Waals surface area contributed by atoms with Crippen molar-refractivity contribution in [3.63, 3.8) is 0 Å². The molecule has 2 N–H and O–H groups in total. The molecule has 2 rings (SSSR count). The van der Waals surface area contributed by atoms with E-state index in [1.807, 2.05) is 0 Å². The second kappa shape index (κ2) is 4.57. The van der Waals surface area contributed by atoms with Crippen molar-refractivity contribution in [1.82, 2.24) is 0 Å². The zero-order valence-electron chi connectivity index (χ0n) is 9.72. The fourth-order valence-corrected chi connectivity index (χ4v) is 1.73. The highest BCUT2D eigenvalue weighted by atomic mass is 19.4. The highest BCUT2D eigenvalue weighted by Crippen LogP contribution is 2.38. The maximum absolute atomic E-state index is 12.6. The lowest BCUT2D eigenvalue weighted by Gasteiger charge is -2.17. The molecule has 0 fully saturated rings. The van der Waals surface area contributed by atoms with Crippen LogP contribution < -0.4 is 5.73 Å². The van der Waals surface area contributed by atoms with E-state index in [9.17, 15) is 26.3 Å². The summed E-state index contributed by atoms with van der Waals surface area (Å²) in [7, 11) is 0. The Kier molecular flexibility index (Phi) is 3.31. The Hall–Kier alpha value is -1.93. The molecule has 0 aliphatic carbocycles. The molecule has 0 bridgehead atoms. The average Bonchev–Trinajstić information content (AvgIpc) is 2.73. The van der Waals surface area contributed by atoms with Crippen molar-refractivity contribution in [2.24, 2.45) is 10.7 Å². The maximum Gasteiger partial charge on any atom is 0.416 e. The number of nitrogens with zero attached hydrogens (tertiary/aromatic N) is 1. The molecule has 1 heterocycles. The van der Waals surface area contributed by atoms with Crippen LogP contribution in [0.1, 0.15) is 22.8 Å². The Balaban J connectivity index is 2.47. The van der Waals surface area contributed by atoms with Crippen molar-refractivity contribution in [3.05, 3.63) is 34.9 Å². The molecule has 0 saturated carbocycles. The van der Waals surface area contributed by atoms with Gasteiger partial charge in [0.25, 0.3) is 6.02 Å². The van der Waals surface area contributed by atoms with Crippen molar-refractivity contribution in [2.75, 3.05) is 6.54 Å². The van der Waals surface area contributed by atoms with Crippen LogP contribution in [-0.2, 0) is 17.1 Å². The highest BCUT2D eigenvalue weighted by Gasteiger charge is 2.38. The minimum Gasteiger partial charge on any atom is -0.455 e. The molecule has 0 saturated heterocycles. The number of alkyl halides is 6. The van der Waals surface area contributed by atoms with E-state index in [4.69, 9.17) is 10.5 Å². The molecule has 1 aromatic rings. The maximum atomic E-state index is 12.6. The number of nitrogens with two attached hydrogens (primary N) is 1. The lowest BCUT2D eigenvalue weighted by Crippen LogP contribution is -2.16. The van der Waals surface area contributed by atoms with E-state index >= 15 is 0 Å². The SMILES string of the molecule is NC1=NCC(c2cc(C(F)(F)F)cc(C(F)(F)F)c2)O1. The predicted octanol–water partition coefficient (Wildman–Crippen LogP) is 3.11. The van der Waals surface area contributed by atoms with Gasteiger partial charge in [-0.15, -0.1) is 0 Å². The van der Waals surface area contributed by atoms with Gasteiger partial charge in [-0.1, -0.05) is 0 Å². The fourth-order valence-electron chi connectivity index (χ4n) is 1.73. The zero-order chi connectivity index (χ0) is 15.1. The molecule has 0 aromatic heterocycles. The summed E-state index contributed by atoms with van der Waals surface area (Å²) in [5.74, 6) is 0. The monoisotopic (exact) mass is 298 g/mol. The van der Waals surface area contributed by atoms with Crippen LogP contribution in [0.4, 0.5) is 26.3 Å². The molecule has 0 radical (unpaired) electrons. The Morgan fingerprint density at radius 2 is 1.50 bits per heavy atom. The number of aliphatic imine (C=N–C) groups is 1. The van der Waals surface area contributed by atoms with E-state index in [0.29, 0.717) is 12.1 Å². The summed E-state index contributed by atoms with van der Waals surface area (Å²) < 4.78 is 80.7. The van der Waals surface area contributed by atoms with Crippen LogP contribution in [0.25, 0.3) is 0 Å². The summed E-state index contributed by atoms with van der Waals surface area (Å²) in [6.45, 7) is -0.121. The summed E-state index contributed by atoms with van der Waals surface area (Å²) in [4.78, 5) is 3.59. The van der Waals surface area contributed by atoms with Crippen LogP contribution in [0.15, 0.2) is 23.2 Å². The minimum atomic E-state index is -4.89. The first-order valence-electron chi connectivity index (χ1n) is 5.33. The van der Waals surface area contributed by atoms with E-state index in [1.54, 1.807) is 0 Å². The van der Waals surface area contributed by atoms with Crippen LogP contribution in [-0.4, -0.2) is 12.6 Å². The molecule has 1 unspecified atom stereocenters. The summed E-state index contributed by atoms with van der Waals surface area (Å²) in [5, 5.41) is 0. The molecular formula is C11H8F6N2O. The first-order chi connectivity index (χ1) is 9.07. The van der Waals surface area contributed by atoms with Crippen molar-refractivity contribution in [1.29, 1.82) is 0 Å². The standard InChI is InChI=1S/C11H8F6N2O/c12-10(13,14)6-1-5(8-4-19-9(18)20-8)2-7(3-6)11(15,16)17/h1-3,8H,4H2,(H2,18,19). The molecule has 0 spiro atoms. The van der Waals surface area contributed by atoms with Gasteiger partial charge in [-0.3, -0.25) is 0 Å². The number of amidine groups is 1. The summed E-state index contributed by atoms with van der Waals surface area (Å²) in [6, 6.07) is 1.01. The first-order valence-corrected chi connectivity index (χ1v) is 5.33. The Morgan fingerprint density at radius 3 is 1.85 bits per heavy atom. The number of hydrogen-bond acceptors (Lipinski definition) is 3. The van der Waals surface area contributed by atoms with Crippen molar-refractivity contribution in [2.45, 2.75) is 18.5 Å². The number of ether oxygens (including phenoxy) is 1. The van der Waals surface area contributed by atoms with Gasteiger partial charge in [-0.2, -0.15) is 26.3 Å². The Labute approximate surface area is 109 Å². The third-order valence-corrected chi connectivity index (χ3v) is 2.66. The second-order valence-corrected chi connectivity index (χ2v) is 4.12. The van der Waals surface area contributed by atoms with Gasteiger partial charge in [0, 0.05) is 0 Å². The van der Waals surface area contributed by atoms with Crippen LogP contribution >= 0.6 is 0 Å². The fraction of sp³-hybridized carbons (Fsp3) is 0.364. The molecule has 1 aliphatic heterocycles. The van der Waals surface area contributed by atoms with E-state index in [2.05, 4.69) is 4.99 Å². The number of rotatable bonds is 1. The van der Waals surface area contributed by atoms with Crippen LogP contribution in [0, 0.1) is 0 Å². The van der Waals surface area contributed by atoms with Gasteiger partial charge in [-0.25, -0.2) is 4.99 Å². The summed E-state index contributed by atoms with van der Waals surface area (Å²) >= 11 is 0. The number of halogens is 6. The van der Waals surface area contributed by atoms with E-state index < -0.39 is 29.6 Å². The second-order valence-electron chi connectivity index (χ2n) is 4.12. The topological polar surface area (TPSA) is 47.6 Å². The quantitative estimate of drug-likeness (QED) is 0.810. The molecule has 9 heteroatoms. The van der Waals surface area contributed by atoms with Crippen molar-refractivity contribution >= 4 is 6.02 Å². The van der Waals surface area contributed by atoms with Gasteiger partial charge in [-0.05, 0) is 23.8 Å². The van der Waals surface area contributed by atoms with Crippen LogP contribution in [0.2, 0.25) is 0 Å². The summed E-state index contributed by atoms with van der Waals surface area (Å²) in [6.07, 6.45) is -10.8.